The van der Waals surface area contributed by atoms with Gasteiger partial charge in [-0.1, -0.05) is 6.07 Å². The summed E-state index contributed by atoms with van der Waals surface area (Å²) in [6.45, 7) is -0.447. The molecule has 0 atom stereocenters. The summed E-state index contributed by atoms with van der Waals surface area (Å²) < 4.78 is 48.2. The van der Waals surface area contributed by atoms with Crippen molar-refractivity contribution in [3.8, 4) is 0 Å². The zero-order chi connectivity index (χ0) is 17.1. The minimum atomic E-state index is -3.81. The van der Waals surface area contributed by atoms with Gasteiger partial charge in [0, 0.05) is 5.69 Å². The standard InChI is InChI=1S/C12H13N3O5S3/c13-22(17,18)10-5-3-9(4-6-10)15-11(16)8-14-23(19,20)12-2-1-7-21-12/h1-7,14H,8H2,(H,15,16)(H2,13,17,18). The second-order valence-corrected chi connectivity index (χ2v) is 8.88. The Hall–Kier alpha value is -1.79. The molecule has 0 aliphatic carbocycles. The van der Waals surface area contributed by atoms with E-state index in [-0.39, 0.29) is 9.10 Å². The molecule has 1 aromatic carbocycles. The Bertz CT molecular complexity index is 888. The number of anilines is 1. The van der Waals surface area contributed by atoms with Crippen LogP contribution in [0, 0.1) is 0 Å². The van der Waals surface area contributed by atoms with E-state index in [1.54, 1.807) is 11.4 Å². The van der Waals surface area contributed by atoms with Crippen LogP contribution in [-0.2, 0) is 24.8 Å². The maximum Gasteiger partial charge on any atom is 0.250 e. The average Bonchev–Trinajstić information content (AvgIpc) is 3.00. The van der Waals surface area contributed by atoms with E-state index >= 15 is 0 Å². The Kier molecular flexibility index (Phi) is 5.16. The van der Waals surface area contributed by atoms with Crippen LogP contribution in [0.2, 0.25) is 0 Å². The number of rotatable bonds is 6. The number of amides is 1. The zero-order valence-electron chi connectivity index (χ0n) is 11.6. The van der Waals surface area contributed by atoms with Crippen LogP contribution in [0.3, 0.4) is 0 Å². The molecule has 1 heterocycles. The largest absolute Gasteiger partial charge is 0.325 e. The van der Waals surface area contributed by atoms with Gasteiger partial charge in [-0.15, -0.1) is 11.3 Å². The Morgan fingerprint density at radius 2 is 1.74 bits per heavy atom. The second kappa shape index (κ2) is 6.76. The summed E-state index contributed by atoms with van der Waals surface area (Å²) in [5.41, 5.74) is 0.317. The topological polar surface area (TPSA) is 135 Å². The molecule has 0 saturated carbocycles. The molecule has 11 heteroatoms. The van der Waals surface area contributed by atoms with Gasteiger partial charge in [-0.2, -0.15) is 0 Å². The van der Waals surface area contributed by atoms with Crippen LogP contribution in [0.4, 0.5) is 5.69 Å². The first-order valence-corrected chi connectivity index (χ1v) is 10.1. The van der Waals surface area contributed by atoms with Crippen molar-refractivity contribution in [3.05, 3.63) is 41.8 Å². The zero-order valence-corrected chi connectivity index (χ0v) is 14.0. The second-order valence-electron chi connectivity index (χ2n) is 4.37. The van der Waals surface area contributed by atoms with E-state index in [0.717, 1.165) is 11.3 Å². The number of benzene rings is 1. The number of primary sulfonamides is 1. The van der Waals surface area contributed by atoms with Crippen molar-refractivity contribution in [2.75, 3.05) is 11.9 Å². The van der Waals surface area contributed by atoms with Crippen molar-refractivity contribution in [1.29, 1.82) is 0 Å². The van der Waals surface area contributed by atoms with Crippen molar-refractivity contribution in [2.45, 2.75) is 9.10 Å². The maximum absolute atomic E-state index is 11.8. The third-order valence-electron chi connectivity index (χ3n) is 2.65. The van der Waals surface area contributed by atoms with Crippen LogP contribution < -0.4 is 15.2 Å². The van der Waals surface area contributed by atoms with Gasteiger partial charge in [0.1, 0.15) is 4.21 Å². The number of nitrogens with two attached hydrogens (primary N) is 1. The number of hydrogen-bond donors (Lipinski definition) is 3. The summed E-state index contributed by atoms with van der Waals surface area (Å²) >= 11 is 1.04. The molecule has 0 saturated heterocycles. The van der Waals surface area contributed by atoms with E-state index in [4.69, 9.17) is 5.14 Å². The van der Waals surface area contributed by atoms with E-state index in [9.17, 15) is 21.6 Å². The molecule has 23 heavy (non-hydrogen) atoms. The molecular weight excluding hydrogens is 362 g/mol. The van der Waals surface area contributed by atoms with Crippen molar-refractivity contribution in [2.24, 2.45) is 5.14 Å². The molecule has 1 amide bonds. The normalized spacial score (nSPS) is 12.0. The fourth-order valence-electron chi connectivity index (χ4n) is 1.58. The lowest BCUT2D eigenvalue weighted by Gasteiger charge is -2.07. The predicted octanol–water partition coefficient (Wildman–Crippen LogP) is 0.312. The third kappa shape index (κ3) is 4.84. The van der Waals surface area contributed by atoms with Crippen LogP contribution in [0.1, 0.15) is 0 Å². The third-order valence-corrected chi connectivity index (χ3v) is 6.38. The van der Waals surface area contributed by atoms with Crippen LogP contribution in [0.5, 0.6) is 0 Å². The predicted molar refractivity (Wildman–Crippen MR) is 86.0 cm³/mol. The molecule has 124 valence electrons. The monoisotopic (exact) mass is 375 g/mol. The van der Waals surface area contributed by atoms with E-state index < -0.39 is 32.5 Å². The summed E-state index contributed by atoms with van der Waals surface area (Å²) in [5, 5.41) is 9.01. The van der Waals surface area contributed by atoms with E-state index in [1.807, 2.05) is 0 Å². The maximum atomic E-state index is 11.8. The van der Waals surface area contributed by atoms with Gasteiger partial charge in [-0.3, -0.25) is 4.79 Å². The Labute approximate surface area is 137 Å². The summed E-state index contributed by atoms with van der Waals surface area (Å²) in [4.78, 5) is 11.6. The summed E-state index contributed by atoms with van der Waals surface area (Å²) in [6.07, 6.45) is 0. The van der Waals surface area contributed by atoms with Gasteiger partial charge in [0.2, 0.25) is 15.9 Å². The Balaban J connectivity index is 1.95. The molecule has 2 rings (SSSR count). The number of nitrogens with one attached hydrogen (secondary N) is 2. The molecular formula is C12H13N3O5S3. The van der Waals surface area contributed by atoms with E-state index in [1.165, 1.54) is 30.3 Å². The van der Waals surface area contributed by atoms with Gasteiger partial charge >= 0.3 is 0 Å². The average molecular weight is 375 g/mol. The lowest BCUT2D eigenvalue weighted by atomic mass is 10.3. The highest BCUT2D eigenvalue weighted by atomic mass is 32.2. The van der Waals surface area contributed by atoms with Gasteiger partial charge in [0.05, 0.1) is 11.4 Å². The van der Waals surface area contributed by atoms with Gasteiger partial charge in [-0.25, -0.2) is 26.7 Å². The molecule has 8 nitrogen and oxygen atoms in total. The van der Waals surface area contributed by atoms with Crippen molar-refractivity contribution >= 4 is 43.0 Å². The quantitative estimate of drug-likeness (QED) is 0.668. The highest BCUT2D eigenvalue weighted by Crippen LogP contribution is 2.15. The first-order valence-electron chi connectivity index (χ1n) is 6.14. The number of thiophene rings is 1. The lowest BCUT2D eigenvalue weighted by molar-refractivity contribution is -0.115. The van der Waals surface area contributed by atoms with Gasteiger partial charge in [0.15, 0.2) is 0 Å². The van der Waals surface area contributed by atoms with Crippen LogP contribution in [0.25, 0.3) is 0 Å². The number of sulfonamides is 2. The SMILES string of the molecule is NS(=O)(=O)c1ccc(NC(=O)CNS(=O)(=O)c2cccs2)cc1. The van der Waals surface area contributed by atoms with Gasteiger partial charge in [0.25, 0.3) is 10.0 Å². The van der Waals surface area contributed by atoms with Gasteiger partial charge in [-0.05, 0) is 35.7 Å². The Morgan fingerprint density at radius 3 is 2.26 bits per heavy atom. The summed E-state index contributed by atoms with van der Waals surface area (Å²) in [5.74, 6) is -0.589. The fourth-order valence-corrected chi connectivity index (χ4v) is 4.12. The lowest BCUT2D eigenvalue weighted by Crippen LogP contribution is -2.32. The molecule has 0 aliphatic heterocycles. The minimum Gasteiger partial charge on any atom is -0.325 e. The number of hydrogen-bond acceptors (Lipinski definition) is 6. The smallest absolute Gasteiger partial charge is 0.250 e. The first kappa shape index (κ1) is 17.6. The van der Waals surface area contributed by atoms with Gasteiger partial charge < -0.3 is 5.32 Å². The molecule has 0 radical (unpaired) electrons. The van der Waals surface area contributed by atoms with Crippen molar-refractivity contribution in [1.82, 2.24) is 4.72 Å². The summed E-state index contributed by atoms with van der Waals surface area (Å²) in [7, 11) is -7.52. The molecule has 0 unspecified atom stereocenters. The minimum absolute atomic E-state index is 0.0890. The van der Waals surface area contributed by atoms with Crippen LogP contribution >= 0.6 is 11.3 Å². The first-order chi connectivity index (χ1) is 10.7. The molecule has 0 bridgehead atoms. The molecule has 0 fully saturated rings. The highest BCUT2D eigenvalue weighted by Gasteiger charge is 2.16. The summed E-state index contributed by atoms with van der Waals surface area (Å²) in [6, 6.07) is 8.20. The molecule has 4 N–H and O–H groups in total. The van der Waals surface area contributed by atoms with Crippen LogP contribution in [0.15, 0.2) is 50.9 Å². The van der Waals surface area contributed by atoms with Crippen molar-refractivity contribution in [3.63, 3.8) is 0 Å². The van der Waals surface area contributed by atoms with Crippen LogP contribution in [-0.4, -0.2) is 29.3 Å². The number of carbonyl (C=O) groups is 1. The molecule has 0 aliphatic rings. The fraction of sp³-hybridized carbons (Fsp3) is 0.0833. The van der Waals surface area contributed by atoms with E-state index in [2.05, 4.69) is 10.0 Å². The molecule has 2 aromatic rings. The molecule has 1 aromatic heterocycles. The molecule has 0 spiro atoms. The van der Waals surface area contributed by atoms with Crippen molar-refractivity contribution < 1.29 is 21.6 Å². The highest BCUT2D eigenvalue weighted by molar-refractivity contribution is 7.91. The van der Waals surface area contributed by atoms with E-state index in [0.29, 0.717) is 5.69 Å². The Morgan fingerprint density at radius 1 is 1.09 bits per heavy atom. The number of carbonyl (C=O) groups excluding carboxylic acids is 1.